The molecule has 0 aliphatic carbocycles. The molecule has 0 amide bonds. The minimum Gasteiger partial charge on any atom is -0.376 e. The lowest BCUT2D eigenvalue weighted by atomic mass is 10.0. The number of anilines is 1. The number of aromatic nitrogens is 5. The molecule has 2 saturated heterocycles. The van der Waals surface area contributed by atoms with Gasteiger partial charge in [-0.1, -0.05) is 30.3 Å². The summed E-state index contributed by atoms with van der Waals surface area (Å²) in [4.78, 5) is 20.9. The van der Waals surface area contributed by atoms with E-state index in [1.54, 1.807) is 16.8 Å². The van der Waals surface area contributed by atoms with E-state index in [1.165, 1.54) is 6.07 Å². The number of piperazine rings is 1. The topological polar surface area (TPSA) is 92.2 Å². The van der Waals surface area contributed by atoms with Crippen molar-refractivity contribution in [3.05, 3.63) is 81.7 Å². The number of nitrogens with one attached hydrogen (secondary N) is 1. The highest BCUT2D eigenvalue weighted by Crippen LogP contribution is 2.30. The van der Waals surface area contributed by atoms with Crippen molar-refractivity contribution >= 4 is 16.6 Å². The van der Waals surface area contributed by atoms with E-state index < -0.39 is 6.04 Å². The second kappa shape index (κ2) is 10.0. The van der Waals surface area contributed by atoms with Crippen LogP contribution >= 0.6 is 0 Å². The lowest BCUT2D eigenvalue weighted by molar-refractivity contribution is 0.0906. The van der Waals surface area contributed by atoms with Crippen LogP contribution < -0.4 is 10.5 Å². The third-order valence-corrected chi connectivity index (χ3v) is 7.49. The number of aryl methyl sites for hydroxylation is 1. The molecule has 10 heteroatoms. The molecule has 2 fully saturated rings. The van der Waals surface area contributed by atoms with Crippen molar-refractivity contribution in [2.24, 2.45) is 0 Å². The van der Waals surface area contributed by atoms with Crippen molar-refractivity contribution < 1.29 is 9.13 Å². The van der Waals surface area contributed by atoms with Gasteiger partial charge in [0.1, 0.15) is 11.9 Å². The normalized spacial score (nSPS) is 19.5. The molecule has 0 bridgehead atoms. The van der Waals surface area contributed by atoms with Gasteiger partial charge in [0.2, 0.25) is 0 Å². The molecule has 4 heterocycles. The molecule has 0 unspecified atom stereocenters. The van der Waals surface area contributed by atoms with Crippen molar-refractivity contribution in [2.75, 3.05) is 37.7 Å². The van der Waals surface area contributed by atoms with E-state index in [9.17, 15) is 9.18 Å². The first-order chi connectivity index (χ1) is 18.1. The third kappa shape index (κ3) is 4.62. The molecule has 6 rings (SSSR count). The van der Waals surface area contributed by atoms with Crippen molar-refractivity contribution in [3.8, 4) is 0 Å². The molecular formula is C27H30FN7O2. The molecular weight excluding hydrogens is 473 g/mol. The van der Waals surface area contributed by atoms with Gasteiger partial charge in [0, 0.05) is 38.3 Å². The van der Waals surface area contributed by atoms with Crippen LogP contribution in [0, 0.1) is 12.7 Å². The zero-order valence-electron chi connectivity index (χ0n) is 20.8. The standard InChI is InChI=1S/C27H30FN7O2/c1-18-6-4-7-19-16-21(27(36)29-24(18)19)25(26-30-31-32-35(26)17-20-8-5-15-37-20)34-13-11-33(12-14-34)23-10-3-2-9-22(23)28/h2-4,6-7,9-10,16,20,25H,5,8,11-15,17H2,1H3,(H,29,36)/t20-,25-/m0/s1. The van der Waals surface area contributed by atoms with Gasteiger partial charge in [-0.25, -0.2) is 9.07 Å². The molecule has 192 valence electrons. The number of rotatable bonds is 6. The SMILES string of the molecule is Cc1cccc2cc([C@@H](c3nnnn3C[C@@H]3CCCO3)N3CCN(c4ccccc4F)CC3)c(=O)[nH]c12. The Kier molecular flexibility index (Phi) is 6.43. The highest BCUT2D eigenvalue weighted by Gasteiger charge is 2.34. The number of benzene rings is 2. The average molecular weight is 504 g/mol. The second-order valence-electron chi connectivity index (χ2n) is 9.82. The first-order valence-corrected chi connectivity index (χ1v) is 12.8. The molecule has 2 aliphatic rings. The zero-order valence-corrected chi connectivity index (χ0v) is 20.8. The Bertz CT molecular complexity index is 1450. The lowest BCUT2D eigenvalue weighted by Gasteiger charge is -2.39. The summed E-state index contributed by atoms with van der Waals surface area (Å²) in [6.45, 7) is 5.75. The van der Waals surface area contributed by atoms with Crippen molar-refractivity contribution in [2.45, 2.75) is 38.5 Å². The second-order valence-corrected chi connectivity index (χ2v) is 9.82. The first kappa shape index (κ1) is 23.7. The predicted octanol–water partition coefficient (Wildman–Crippen LogP) is 3.05. The van der Waals surface area contributed by atoms with Gasteiger partial charge < -0.3 is 14.6 Å². The Morgan fingerprint density at radius 1 is 1.14 bits per heavy atom. The Hall–Kier alpha value is -3.63. The van der Waals surface area contributed by atoms with E-state index in [4.69, 9.17) is 4.74 Å². The predicted molar refractivity (Wildman–Crippen MR) is 138 cm³/mol. The van der Waals surface area contributed by atoms with Gasteiger partial charge in [-0.2, -0.15) is 0 Å². The largest absolute Gasteiger partial charge is 0.376 e. The molecule has 0 radical (unpaired) electrons. The zero-order chi connectivity index (χ0) is 25.4. The van der Waals surface area contributed by atoms with Gasteiger partial charge in [0.05, 0.1) is 23.9 Å². The van der Waals surface area contributed by atoms with Crippen LogP contribution in [-0.2, 0) is 11.3 Å². The van der Waals surface area contributed by atoms with Gasteiger partial charge in [-0.3, -0.25) is 9.69 Å². The molecule has 2 aromatic carbocycles. The number of tetrazole rings is 1. The molecule has 4 aromatic rings. The van der Waals surface area contributed by atoms with Crippen LogP contribution in [0.5, 0.6) is 0 Å². The van der Waals surface area contributed by atoms with Crippen molar-refractivity contribution in [1.82, 2.24) is 30.1 Å². The number of nitrogens with zero attached hydrogens (tertiary/aromatic N) is 6. The van der Waals surface area contributed by atoms with Gasteiger partial charge in [0.25, 0.3) is 5.56 Å². The molecule has 37 heavy (non-hydrogen) atoms. The number of para-hydroxylation sites is 2. The summed E-state index contributed by atoms with van der Waals surface area (Å²) in [6.07, 6.45) is 2.03. The maximum absolute atomic E-state index is 14.5. The van der Waals surface area contributed by atoms with E-state index >= 15 is 0 Å². The van der Waals surface area contributed by atoms with E-state index in [0.717, 1.165) is 35.9 Å². The molecule has 1 N–H and O–H groups in total. The van der Waals surface area contributed by atoms with Crippen LogP contribution in [0.4, 0.5) is 10.1 Å². The number of H-pyrrole nitrogens is 1. The number of aromatic amines is 1. The van der Waals surface area contributed by atoms with Gasteiger partial charge in [0.15, 0.2) is 5.82 Å². The fourth-order valence-corrected chi connectivity index (χ4v) is 5.55. The fraction of sp³-hybridized carbons (Fsp3) is 0.407. The van der Waals surface area contributed by atoms with Crippen LogP contribution in [0.25, 0.3) is 10.9 Å². The molecule has 0 saturated carbocycles. The average Bonchev–Trinajstić information content (AvgIpc) is 3.59. The van der Waals surface area contributed by atoms with Gasteiger partial charge in [-0.15, -0.1) is 5.10 Å². The Morgan fingerprint density at radius 3 is 2.76 bits per heavy atom. The fourth-order valence-electron chi connectivity index (χ4n) is 5.55. The minimum atomic E-state index is -0.451. The Morgan fingerprint density at radius 2 is 1.97 bits per heavy atom. The number of halogens is 1. The van der Waals surface area contributed by atoms with Crippen molar-refractivity contribution in [1.29, 1.82) is 0 Å². The summed E-state index contributed by atoms with van der Waals surface area (Å²) in [5.74, 6) is 0.390. The summed E-state index contributed by atoms with van der Waals surface area (Å²) in [5, 5.41) is 13.7. The minimum absolute atomic E-state index is 0.0540. The molecule has 9 nitrogen and oxygen atoms in total. The quantitative estimate of drug-likeness (QED) is 0.432. The van der Waals surface area contributed by atoms with E-state index in [0.29, 0.717) is 49.8 Å². The van der Waals surface area contributed by atoms with Crippen LogP contribution in [0.2, 0.25) is 0 Å². The summed E-state index contributed by atoms with van der Waals surface area (Å²) in [7, 11) is 0. The number of hydrogen-bond acceptors (Lipinski definition) is 7. The third-order valence-electron chi connectivity index (χ3n) is 7.49. The van der Waals surface area contributed by atoms with Crippen LogP contribution in [0.1, 0.15) is 35.8 Å². The van der Waals surface area contributed by atoms with E-state index in [1.807, 2.05) is 42.2 Å². The number of hydrogen-bond donors (Lipinski definition) is 1. The van der Waals surface area contributed by atoms with E-state index in [-0.39, 0.29) is 17.5 Å². The summed E-state index contributed by atoms with van der Waals surface area (Å²) in [6, 6.07) is 14.3. The molecule has 2 aromatic heterocycles. The Labute approximate surface area is 213 Å². The van der Waals surface area contributed by atoms with Crippen LogP contribution in [0.15, 0.2) is 53.3 Å². The smallest absolute Gasteiger partial charge is 0.253 e. The maximum atomic E-state index is 14.5. The monoisotopic (exact) mass is 503 g/mol. The summed E-state index contributed by atoms with van der Waals surface area (Å²) < 4.78 is 22.1. The molecule has 2 atom stereocenters. The lowest BCUT2D eigenvalue weighted by Crippen LogP contribution is -2.49. The van der Waals surface area contributed by atoms with Gasteiger partial charge >= 0.3 is 0 Å². The van der Waals surface area contributed by atoms with Crippen LogP contribution in [-0.4, -0.2) is 69.0 Å². The number of pyridine rings is 1. The van der Waals surface area contributed by atoms with Crippen LogP contribution in [0.3, 0.4) is 0 Å². The number of fused-ring (bicyclic) bond motifs is 1. The van der Waals surface area contributed by atoms with E-state index in [2.05, 4.69) is 25.4 Å². The highest BCUT2D eigenvalue weighted by atomic mass is 19.1. The summed E-state index contributed by atoms with van der Waals surface area (Å²) in [5.41, 5.74) is 2.88. The first-order valence-electron chi connectivity index (χ1n) is 12.8. The van der Waals surface area contributed by atoms with Crippen molar-refractivity contribution in [3.63, 3.8) is 0 Å². The molecule has 2 aliphatic heterocycles. The molecule has 0 spiro atoms. The number of ether oxygens (including phenoxy) is 1. The van der Waals surface area contributed by atoms with Gasteiger partial charge in [-0.05, 0) is 59.3 Å². The highest BCUT2D eigenvalue weighted by molar-refractivity contribution is 5.82. The maximum Gasteiger partial charge on any atom is 0.253 e. The Balaban J connectivity index is 1.37. The summed E-state index contributed by atoms with van der Waals surface area (Å²) >= 11 is 0.